The number of rotatable bonds is 6. The Morgan fingerprint density at radius 2 is 2.36 bits per heavy atom. The zero-order chi connectivity index (χ0) is 17.8. The van der Waals surface area contributed by atoms with Crippen molar-refractivity contribution < 1.29 is 4.79 Å². The Hall–Kier alpha value is -1.73. The molecule has 0 spiro atoms. The zero-order valence-electron chi connectivity index (χ0n) is 15.2. The maximum atomic E-state index is 12.6. The lowest BCUT2D eigenvalue weighted by molar-refractivity contribution is -0.131. The fraction of sp³-hybridized carbons (Fsp3) is 0.611. The molecule has 0 unspecified atom stereocenters. The van der Waals surface area contributed by atoms with Crippen LogP contribution in [0.4, 0.5) is 0 Å². The molecule has 1 N–H and O–H groups in total. The number of carbonyl (C=O) groups excluding carboxylic acids is 1. The van der Waals surface area contributed by atoms with Crippen LogP contribution < -0.4 is 5.32 Å². The van der Waals surface area contributed by atoms with Crippen molar-refractivity contribution in [2.24, 2.45) is 0 Å². The van der Waals surface area contributed by atoms with E-state index in [1.54, 1.807) is 22.4 Å². The number of aromatic nitrogens is 3. The van der Waals surface area contributed by atoms with Crippen LogP contribution in [0.25, 0.3) is 0 Å². The molecule has 0 bridgehead atoms. The fourth-order valence-electron chi connectivity index (χ4n) is 3.17. The summed E-state index contributed by atoms with van der Waals surface area (Å²) in [7, 11) is 1.84. The molecule has 1 atom stereocenters. The van der Waals surface area contributed by atoms with Gasteiger partial charge < -0.3 is 10.2 Å². The second-order valence-electron chi connectivity index (χ2n) is 7.04. The SMILES string of the molecule is CC(C)c1nc(CN(C)C(=O)Cn2nccc2[C@H]2CCCNC2)cs1. The summed E-state index contributed by atoms with van der Waals surface area (Å²) in [6.07, 6.45) is 4.12. The first-order valence-corrected chi connectivity index (χ1v) is 9.83. The van der Waals surface area contributed by atoms with Gasteiger partial charge in [-0.2, -0.15) is 5.10 Å². The average molecular weight is 362 g/mol. The molecule has 1 amide bonds. The van der Waals surface area contributed by atoms with Gasteiger partial charge in [0.05, 0.1) is 17.2 Å². The van der Waals surface area contributed by atoms with E-state index < -0.39 is 0 Å². The van der Waals surface area contributed by atoms with Gasteiger partial charge in [-0.3, -0.25) is 9.48 Å². The summed E-state index contributed by atoms with van der Waals surface area (Å²) < 4.78 is 1.86. The molecule has 25 heavy (non-hydrogen) atoms. The van der Waals surface area contributed by atoms with Crippen LogP contribution in [-0.4, -0.2) is 45.7 Å². The first-order chi connectivity index (χ1) is 12.0. The van der Waals surface area contributed by atoms with Crippen LogP contribution >= 0.6 is 11.3 Å². The smallest absolute Gasteiger partial charge is 0.244 e. The molecule has 3 rings (SSSR count). The Morgan fingerprint density at radius 1 is 1.52 bits per heavy atom. The third-order valence-electron chi connectivity index (χ3n) is 4.64. The lowest BCUT2D eigenvalue weighted by atomic mass is 9.96. The Labute approximate surface area is 153 Å². The van der Waals surface area contributed by atoms with Crippen LogP contribution in [0.3, 0.4) is 0 Å². The number of amides is 1. The van der Waals surface area contributed by atoms with E-state index in [4.69, 9.17) is 0 Å². The monoisotopic (exact) mass is 361 g/mol. The molecule has 2 aromatic heterocycles. The molecule has 1 aliphatic heterocycles. The topological polar surface area (TPSA) is 63.1 Å². The minimum atomic E-state index is 0.0628. The van der Waals surface area contributed by atoms with Crippen molar-refractivity contribution in [2.45, 2.75) is 51.6 Å². The van der Waals surface area contributed by atoms with Gasteiger partial charge >= 0.3 is 0 Å². The van der Waals surface area contributed by atoms with E-state index in [1.807, 2.05) is 23.2 Å². The highest BCUT2D eigenvalue weighted by atomic mass is 32.1. The summed E-state index contributed by atoms with van der Waals surface area (Å²) >= 11 is 1.66. The number of piperidine rings is 1. The van der Waals surface area contributed by atoms with Crippen molar-refractivity contribution in [1.82, 2.24) is 25.0 Å². The molecule has 1 fully saturated rings. The minimum Gasteiger partial charge on any atom is -0.338 e. The van der Waals surface area contributed by atoms with Crippen LogP contribution in [-0.2, 0) is 17.9 Å². The maximum Gasteiger partial charge on any atom is 0.244 e. The standard InChI is InChI=1S/C18H27N5OS/c1-13(2)18-21-15(12-25-18)10-22(3)17(24)11-23-16(6-8-20-23)14-5-4-7-19-9-14/h6,8,12-14,19H,4-5,7,9-11H2,1-3H3/t14-/m0/s1. The van der Waals surface area contributed by atoms with Crippen LogP contribution in [0.5, 0.6) is 0 Å². The van der Waals surface area contributed by atoms with Gasteiger partial charge in [0, 0.05) is 42.7 Å². The van der Waals surface area contributed by atoms with E-state index in [9.17, 15) is 4.79 Å². The number of likely N-dealkylation sites (N-methyl/N-ethyl adjacent to an activating group) is 1. The highest BCUT2D eigenvalue weighted by molar-refractivity contribution is 7.09. The largest absolute Gasteiger partial charge is 0.338 e. The minimum absolute atomic E-state index is 0.0628. The van der Waals surface area contributed by atoms with Crippen molar-refractivity contribution in [3.05, 3.63) is 34.0 Å². The van der Waals surface area contributed by atoms with Crippen LogP contribution in [0.1, 0.15) is 54.9 Å². The summed E-state index contributed by atoms with van der Waals surface area (Å²) in [6.45, 7) is 7.15. The molecule has 1 saturated heterocycles. The molecule has 2 aromatic rings. The molecule has 0 aliphatic carbocycles. The molecular weight excluding hydrogens is 334 g/mol. The van der Waals surface area contributed by atoms with E-state index in [-0.39, 0.29) is 12.5 Å². The fourth-order valence-corrected chi connectivity index (χ4v) is 3.99. The van der Waals surface area contributed by atoms with Gasteiger partial charge in [-0.25, -0.2) is 4.98 Å². The van der Waals surface area contributed by atoms with Crippen LogP contribution in [0.2, 0.25) is 0 Å². The molecule has 7 heteroatoms. The summed E-state index contributed by atoms with van der Waals surface area (Å²) in [5, 5.41) is 11.0. The summed E-state index contributed by atoms with van der Waals surface area (Å²) in [5.74, 6) is 0.935. The summed E-state index contributed by atoms with van der Waals surface area (Å²) in [4.78, 5) is 19.0. The van der Waals surface area contributed by atoms with Gasteiger partial charge in [-0.15, -0.1) is 11.3 Å². The highest BCUT2D eigenvalue weighted by Crippen LogP contribution is 2.23. The van der Waals surface area contributed by atoms with E-state index in [2.05, 4.69) is 29.2 Å². The lowest BCUT2D eigenvalue weighted by Crippen LogP contribution is -2.33. The zero-order valence-corrected chi connectivity index (χ0v) is 16.1. The molecular formula is C18H27N5OS. The van der Waals surface area contributed by atoms with E-state index in [0.717, 1.165) is 35.9 Å². The first-order valence-electron chi connectivity index (χ1n) is 8.95. The second-order valence-corrected chi connectivity index (χ2v) is 7.93. The molecule has 0 aromatic carbocycles. The van der Waals surface area contributed by atoms with Gasteiger partial charge in [0.15, 0.2) is 0 Å². The third-order valence-corrected chi connectivity index (χ3v) is 5.83. The number of carbonyl (C=O) groups is 1. The normalized spacial score (nSPS) is 17.8. The van der Waals surface area contributed by atoms with Crippen molar-refractivity contribution in [3.63, 3.8) is 0 Å². The average Bonchev–Trinajstić information content (AvgIpc) is 3.25. The maximum absolute atomic E-state index is 12.6. The second kappa shape index (κ2) is 8.10. The predicted molar refractivity (Wildman–Crippen MR) is 99.7 cm³/mol. The van der Waals surface area contributed by atoms with Crippen molar-refractivity contribution in [3.8, 4) is 0 Å². The number of hydrogen-bond acceptors (Lipinski definition) is 5. The lowest BCUT2D eigenvalue weighted by Gasteiger charge is -2.24. The van der Waals surface area contributed by atoms with Gasteiger partial charge in [-0.05, 0) is 25.5 Å². The quantitative estimate of drug-likeness (QED) is 0.859. The van der Waals surface area contributed by atoms with Crippen LogP contribution in [0, 0.1) is 0 Å². The molecule has 0 radical (unpaired) electrons. The summed E-state index contributed by atoms with van der Waals surface area (Å²) in [5.41, 5.74) is 2.12. The molecule has 136 valence electrons. The Kier molecular flexibility index (Phi) is 5.86. The molecule has 6 nitrogen and oxygen atoms in total. The number of nitrogens with one attached hydrogen (secondary N) is 1. The third kappa shape index (κ3) is 4.46. The molecule has 0 saturated carbocycles. The van der Waals surface area contributed by atoms with Gasteiger partial charge in [0.25, 0.3) is 0 Å². The van der Waals surface area contributed by atoms with Crippen molar-refractivity contribution >= 4 is 17.2 Å². The van der Waals surface area contributed by atoms with E-state index >= 15 is 0 Å². The van der Waals surface area contributed by atoms with Gasteiger partial charge in [0.1, 0.15) is 6.54 Å². The summed E-state index contributed by atoms with van der Waals surface area (Å²) in [6, 6.07) is 2.04. The highest BCUT2D eigenvalue weighted by Gasteiger charge is 2.21. The van der Waals surface area contributed by atoms with Crippen LogP contribution in [0.15, 0.2) is 17.6 Å². The van der Waals surface area contributed by atoms with E-state index in [0.29, 0.717) is 18.4 Å². The first kappa shape index (κ1) is 18.1. The van der Waals surface area contributed by atoms with Crippen molar-refractivity contribution in [2.75, 3.05) is 20.1 Å². The van der Waals surface area contributed by atoms with E-state index in [1.165, 1.54) is 6.42 Å². The number of hydrogen-bond donors (Lipinski definition) is 1. The van der Waals surface area contributed by atoms with Gasteiger partial charge in [-0.1, -0.05) is 13.8 Å². The Morgan fingerprint density at radius 3 is 3.04 bits per heavy atom. The molecule has 1 aliphatic rings. The number of nitrogens with zero attached hydrogens (tertiary/aromatic N) is 4. The molecule has 3 heterocycles. The van der Waals surface area contributed by atoms with Gasteiger partial charge in [0.2, 0.25) is 5.91 Å². The Bertz CT molecular complexity index is 702. The van der Waals surface area contributed by atoms with Crippen molar-refractivity contribution in [1.29, 1.82) is 0 Å². The Balaban J connectivity index is 1.60. The number of thiazole rings is 1. The predicted octanol–water partition coefficient (Wildman–Crippen LogP) is 2.59.